The first kappa shape index (κ1) is 13.9. The minimum atomic E-state index is -0.269. The predicted octanol–water partition coefficient (Wildman–Crippen LogP) is 3.14. The van der Waals surface area contributed by atoms with Crippen LogP contribution in [0.5, 0.6) is 0 Å². The zero-order chi connectivity index (χ0) is 14.0. The van der Waals surface area contributed by atoms with Crippen molar-refractivity contribution in [1.29, 1.82) is 0 Å². The van der Waals surface area contributed by atoms with E-state index in [1.165, 1.54) is 6.20 Å². The first-order valence-corrected chi connectivity index (χ1v) is 6.78. The number of hydrogen-bond acceptors (Lipinski definition) is 5. The number of halogens is 1. The monoisotopic (exact) mass is 296 g/mol. The van der Waals surface area contributed by atoms with Crippen molar-refractivity contribution >= 4 is 34.7 Å². The number of nitrogens with zero attached hydrogens (tertiary/aromatic N) is 3. The third-order valence-electron chi connectivity index (χ3n) is 2.42. The first-order valence-electron chi connectivity index (χ1n) is 5.63. The van der Waals surface area contributed by atoms with E-state index in [4.69, 9.17) is 11.6 Å². The van der Waals surface area contributed by atoms with Crippen LogP contribution in [0.2, 0.25) is 5.02 Å². The van der Waals surface area contributed by atoms with E-state index in [2.05, 4.69) is 19.9 Å². The molecule has 0 atom stereocenters. The average Bonchev–Trinajstić information content (AvgIpc) is 2.81. The first-order chi connectivity index (χ1) is 8.89. The van der Waals surface area contributed by atoms with Gasteiger partial charge in [0.05, 0.1) is 22.6 Å². The summed E-state index contributed by atoms with van der Waals surface area (Å²) in [5.74, 6) is -0.269. The molecule has 0 unspecified atom stereocenters. The molecule has 5 nitrogen and oxygen atoms in total. The minimum absolute atomic E-state index is 0.238. The Hall–Kier alpha value is -1.53. The third-order valence-corrected chi connectivity index (χ3v) is 3.47. The van der Waals surface area contributed by atoms with Crippen molar-refractivity contribution in [2.45, 2.75) is 26.2 Å². The van der Waals surface area contributed by atoms with Crippen molar-refractivity contribution in [3.63, 3.8) is 0 Å². The van der Waals surface area contributed by atoms with Gasteiger partial charge in [-0.15, -0.1) is 5.10 Å². The van der Waals surface area contributed by atoms with Crippen LogP contribution in [0, 0.1) is 0 Å². The predicted molar refractivity (Wildman–Crippen MR) is 75.8 cm³/mol. The summed E-state index contributed by atoms with van der Waals surface area (Å²) < 4.78 is 3.86. The number of hydrogen-bond donors (Lipinski definition) is 1. The zero-order valence-electron chi connectivity index (χ0n) is 10.8. The molecule has 2 heterocycles. The molecule has 0 saturated heterocycles. The van der Waals surface area contributed by atoms with E-state index >= 15 is 0 Å². The van der Waals surface area contributed by atoms with Gasteiger partial charge in [-0.3, -0.25) is 9.78 Å². The molecule has 19 heavy (non-hydrogen) atoms. The highest BCUT2D eigenvalue weighted by Crippen LogP contribution is 2.27. The van der Waals surface area contributed by atoms with E-state index in [0.29, 0.717) is 21.3 Å². The standard InChI is InChI=1S/C12H13ClN4OS/c1-12(2,3)10-9(19-17-16-10)11(18)15-8-6-14-5-4-7(8)13/h4-6H,1-3H3,(H,15,18). The molecule has 100 valence electrons. The molecular formula is C12H13ClN4OS. The zero-order valence-corrected chi connectivity index (χ0v) is 12.3. The molecule has 0 aliphatic rings. The summed E-state index contributed by atoms with van der Waals surface area (Å²) >= 11 is 7.05. The lowest BCUT2D eigenvalue weighted by Gasteiger charge is -2.16. The molecular weight excluding hydrogens is 284 g/mol. The van der Waals surface area contributed by atoms with E-state index in [1.54, 1.807) is 12.3 Å². The largest absolute Gasteiger partial charge is 0.319 e. The minimum Gasteiger partial charge on any atom is -0.319 e. The van der Waals surface area contributed by atoms with E-state index in [0.717, 1.165) is 11.5 Å². The number of pyridine rings is 1. The van der Waals surface area contributed by atoms with Gasteiger partial charge >= 0.3 is 0 Å². The lowest BCUT2D eigenvalue weighted by atomic mass is 9.91. The van der Waals surface area contributed by atoms with Gasteiger partial charge in [-0.1, -0.05) is 36.9 Å². The summed E-state index contributed by atoms with van der Waals surface area (Å²) in [7, 11) is 0. The summed E-state index contributed by atoms with van der Waals surface area (Å²) in [6.45, 7) is 5.95. The number of carbonyl (C=O) groups excluding carboxylic acids is 1. The Balaban J connectivity index is 2.27. The Morgan fingerprint density at radius 3 is 2.79 bits per heavy atom. The van der Waals surface area contributed by atoms with E-state index in [1.807, 2.05) is 20.8 Å². The molecule has 0 aromatic carbocycles. The number of carbonyl (C=O) groups is 1. The Kier molecular flexibility index (Phi) is 3.82. The topological polar surface area (TPSA) is 67.8 Å². The summed E-state index contributed by atoms with van der Waals surface area (Å²) in [6, 6.07) is 1.62. The highest BCUT2D eigenvalue weighted by Gasteiger charge is 2.26. The molecule has 7 heteroatoms. The molecule has 0 aliphatic carbocycles. The molecule has 0 spiro atoms. The van der Waals surface area contributed by atoms with Gasteiger partial charge in [0.2, 0.25) is 0 Å². The van der Waals surface area contributed by atoms with Crippen LogP contribution in [0.15, 0.2) is 18.5 Å². The van der Waals surface area contributed by atoms with Gasteiger partial charge in [0.25, 0.3) is 5.91 Å². The Bertz CT molecular complexity index is 606. The number of aromatic nitrogens is 3. The van der Waals surface area contributed by atoms with Gasteiger partial charge in [0.15, 0.2) is 0 Å². The van der Waals surface area contributed by atoms with Gasteiger partial charge < -0.3 is 5.32 Å². The summed E-state index contributed by atoms with van der Waals surface area (Å²) in [5.41, 5.74) is 0.913. The van der Waals surface area contributed by atoms with E-state index < -0.39 is 0 Å². The Morgan fingerprint density at radius 1 is 1.42 bits per heavy atom. The molecule has 1 N–H and O–H groups in total. The maximum atomic E-state index is 12.2. The second kappa shape index (κ2) is 5.22. The second-order valence-electron chi connectivity index (χ2n) is 5.01. The second-order valence-corrected chi connectivity index (χ2v) is 6.17. The van der Waals surface area contributed by atoms with Crippen molar-refractivity contribution in [3.05, 3.63) is 34.1 Å². The van der Waals surface area contributed by atoms with Crippen molar-refractivity contribution in [3.8, 4) is 0 Å². The van der Waals surface area contributed by atoms with Gasteiger partial charge in [0, 0.05) is 11.6 Å². The van der Waals surface area contributed by atoms with Crippen LogP contribution in [0.4, 0.5) is 5.69 Å². The van der Waals surface area contributed by atoms with E-state index in [9.17, 15) is 4.79 Å². The van der Waals surface area contributed by atoms with Crippen molar-refractivity contribution < 1.29 is 4.79 Å². The summed E-state index contributed by atoms with van der Waals surface area (Å²) in [6.07, 6.45) is 3.07. The van der Waals surface area contributed by atoms with Gasteiger partial charge in [-0.05, 0) is 17.6 Å². The summed E-state index contributed by atoms with van der Waals surface area (Å²) in [4.78, 5) is 16.6. The number of nitrogens with one attached hydrogen (secondary N) is 1. The maximum absolute atomic E-state index is 12.2. The highest BCUT2D eigenvalue weighted by atomic mass is 35.5. The highest BCUT2D eigenvalue weighted by molar-refractivity contribution is 7.08. The fourth-order valence-corrected chi connectivity index (χ4v) is 2.40. The van der Waals surface area contributed by atoms with Crippen molar-refractivity contribution in [2.24, 2.45) is 0 Å². The number of anilines is 1. The van der Waals surface area contributed by atoms with Crippen LogP contribution in [0.25, 0.3) is 0 Å². The van der Waals surface area contributed by atoms with Crippen LogP contribution in [0.3, 0.4) is 0 Å². The van der Waals surface area contributed by atoms with Gasteiger partial charge in [-0.2, -0.15) is 0 Å². The number of amides is 1. The fourth-order valence-electron chi connectivity index (χ4n) is 1.48. The van der Waals surface area contributed by atoms with Crippen LogP contribution in [-0.4, -0.2) is 20.5 Å². The quantitative estimate of drug-likeness (QED) is 0.924. The lowest BCUT2D eigenvalue weighted by Crippen LogP contribution is -2.20. The van der Waals surface area contributed by atoms with Gasteiger partial charge in [0.1, 0.15) is 4.88 Å². The molecule has 2 rings (SSSR count). The van der Waals surface area contributed by atoms with Crippen LogP contribution < -0.4 is 5.32 Å². The molecule has 0 fully saturated rings. The lowest BCUT2D eigenvalue weighted by molar-refractivity contribution is 0.102. The normalized spacial score (nSPS) is 11.4. The average molecular weight is 297 g/mol. The molecule has 0 bridgehead atoms. The van der Waals surface area contributed by atoms with Crippen molar-refractivity contribution in [1.82, 2.24) is 14.6 Å². The molecule has 2 aromatic rings. The van der Waals surface area contributed by atoms with Crippen LogP contribution in [-0.2, 0) is 5.41 Å². The molecule has 1 amide bonds. The summed E-state index contributed by atoms with van der Waals surface area (Å²) in [5, 5.41) is 7.20. The smallest absolute Gasteiger partial charge is 0.269 e. The van der Waals surface area contributed by atoms with E-state index in [-0.39, 0.29) is 11.3 Å². The third kappa shape index (κ3) is 3.08. The SMILES string of the molecule is CC(C)(C)c1nnsc1C(=O)Nc1cnccc1Cl. The Labute approximate surface area is 120 Å². The van der Waals surface area contributed by atoms with Crippen molar-refractivity contribution in [2.75, 3.05) is 5.32 Å². The molecule has 0 radical (unpaired) electrons. The maximum Gasteiger partial charge on any atom is 0.269 e. The molecule has 0 saturated carbocycles. The van der Waals surface area contributed by atoms with Crippen LogP contribution in [0.1, 0.15) is 36.1 Å². The molecule has 0 aliphatic heterocycles. The van der Waals surface area contributed by atoms with Crippen LogP contribution >= 0.6 is 23.1 Å². The fraction of sp³-hybridized carbons (Fsp3) is 0.333. The Morgan fingerprint density at radius 2 is 2.16 bits per heavy atom. The van der Waals surface area contributed by atoms with Gasteiger partial charge in [-0.25, -0.2) is 0 Å². The number of rotatable bonds is 2. The molecule has 2 aromatic heterocycles.